The summed E-state index contributed by atoms with van der Waals surface area (Å²) in [5, 5.41) is 8.94. The first-order valence-electron chi connectivity index (χ1n) is 14.4. The van der Waals surface area contributed by atoms with Crippen molar-refractivity contribution in [2.24, 2.45) is 0 Å². The number of para-hydroxylation sites is 1. The molecule has 1 unspecified atom stereocenters. The van der Waals surface area contributed by atoms with Gasteiger partial charge in [-0.05, 0) is 53.1 Å². The summed E-state index contributed by atoms with van der Waals surface area (Å²) in [6.07, 6.45) is -0.547. The average Bonchev–Trinajstić information content (AvgIpc) is 3.61. The molecule has 1 amide bonds. The van der Waals surface area contributed by atoms with E-state index in [0.29, 0.717) is 36.8 Å². The van der Waals surface area contributed by atoms with E-state index in [1.165, 1.54) is 0 Å². The summed E-state index contributed by atoms with van der Waals surface area (Å²) in [5.41, 5.74) is 5.89. The van der Waals surface area contributed by atoms with Crippen molar-refractivity contribution in [3.63, 3.8) is 0 Å². The van der Waals surface area contributed by atoms with E-state index in [4.69, 9.17) is 14.2 Å². The Morgan fingerprint density at radius 3 is 1.98 bits per heavy atom. The summed E-state index contributed by atoms with van der Waals surface area (Å²) in [6, 6.07) is 39.1. The van der Waals surface area contributed by atoms with Crippen molar-refractivity contribution in [3.05, 3.63) is 149 Å². The topological polar surface area (TPSA) is 78.7 Å². The third kappa shape index (κ3) is 5.33. The van der Waals surface area contributed by atoms with Crippen LogP contribution in [0.2, 0.25) is 0 Å². The van der Waals surface area contributed by atoms with Crippen molar-refractivity contribution in [2.45, 2.75) is 25.9 Å². The van der Waals surface area contributed by atoms with Gasteiger partial charge in [0.2, 0.25) is 0 Å². The molecule has 1 aromatic heterocycles. The van der Waals surface area contributed by atoms with Gasteiger partial charge in [-0.1, -0.05) is 90.1 Å². The van der Waals surface area contributed by atoms with E-state index in [0.717, 1.165) is 39.0 Å². The summed E-state index contributed by atoms with van der Waals surface area (Å²) < 4.78 is 19.9. The Kier molecular flexibility index (Phi) is 7.38. The summed E-state index contributed by atoms with van der Waals surface area (Å²) in [5.74, 6) is 1.69. The number of benzene rings is 5. The number of methoxy groups -OCH3 is 1. The molecular weight excluding hydrogens is 552 g/mol. The molecule has 7 rings (SSSR count). The van der Waals surface area contributed by atoms with Crippen LogP contribution in [-0.2, 0) is 19.8 Å². The summed E-state index contributed by atoms with van der Waals surface area (Å²) in [7, 11) is 1.64. The van der Waals surface area contributed by atoms with Crippen LogP contribution in [0.5, 0.6) is 17.2 Å². The Balaban J connectivity index is 1.31. The van der Waals surface area contributed by atoms with Crippen LogP contribution in [0.3, 0.4) is 0 Å². The summed E-state index contributed by atoms with van der Waals surface area (Å²) in [6.45, 7) is 1.04. The van der Waals surface area contributed by atoms with Gasteiger partial charge < -0.3 is 19.1 Å². The molecule has 0 spiro atoms. The molecule has 0 saturated carbocycles. The first-order valence-corrected chi connectivity index (χ1v) is 14.4. The van der Waals surface area contributed by atoms with Crippen molar-refractivity contribution in [3.8, 4) is 17.2 Å². The van der Waals surface area contributed by atoms with Crippen molar-refractivity contribution in [1.29, 1.82) is 0 Å². The molecule has 0 bridgehead atoms. The number of carbonyl (C=O) groups is 1. The number of ether oxygens (including phenoxy) is 3. The number of nitrogens with zero attached hydrogens (tertiary/aromatic N) is 4. The van der Waals surface area contributed by atoms with Crippen LogP contribution in [0.15, 0.2) is 121 Å². The highest BCUT2D eigenvalue weighted by molar-refractivity contribution is 6.00. The molecular formula is C36H30N4O4. The molecule has 6 aromatic rings. The van der Waals surface area contributed by atoms with Crippen LogP contribution >= 0.6 is 0 Å². The predicted octanol–water partition coefficient (Wildman–Crippen LogP) is 6.80. The van der Waals surface area contributed by atoms with Gasteiger partial charge in [0.15, 0.2) is 17.7 Å². The smallest absolute Gasteiger partial charge is 0.256 e. The molecule has 8 nitrogen and oxygen atoms in total. The van der Waals surface area contributed by atoms with Gasteiger partial charge >= 0.3 is 0 Å². The van der Waals surface area contributed by atoms with E-state index >= 15 is 0 Å². The Labute approximate surface area is 255 Å². The average molecular weight is 583 g/mol. The lowest BCUT2D eigenvalue weighted by Crippen LogP contribution is -2.32. The molecule has 2 heterocycles. The molecule has 5 aromatic carbocycles. The minimum Gasteiger partial charge on any atom is -0.497 e. The van der Waals surface area contributed by atoms with Gasteiger partial charge in [0.05, 0.1) is 18.2 Å². The van der Waals surface area contributed by atoms with E-state index in [-0.39, 0.29) is 5.91 Å². The van der Waals surface area contributed by atoms with Crippen LogP contribution in [0.1, 0.15) is 38.8 Å². The lowest BCUT2D eigenvalue weighted by molar-refractivity contribution is 0.0672. The maximum atomic E-state index is 14.2. The predicted molar refractivity (Wildman–Crippen MR) is 167 cm³/mol. The first kappa shape index (κ1) is 27.2. The third-order valence-electron chi connectivity index (χ3n) is 7.78. The number of aromatic nitrogens is 3. The van der Waals surface area contributed by atoms with E-state index < -0.39 is 6.17 Å². The molecule has 0 radical (unpaired) electrons. The number of amides is 1. The van der Waals surface area contributed by atoms with Crippen LogP contribution in [-0.4, -0.2) is 32.9 Å². The van der Waals surface area contributed by atoms with E-state index in [2.05, 4.69) is 10.3 Å². The van der Waals surface area contributed by atoms with Crippen LogP contribution < -0.4 is 14.2 Å². The van der Waals surface area contributed by atoms with Gasteiger partial charge in [0.1, 0.15) is 24.5 Å². The standard InChI is InChI=1S/C36H30N4O4/c1-42-28-18-16-25(17-19-28)22-39-35(40-32-15-9-8-14-31(32)37-38-40)29-20-33(43-23-26-10-4-2-5-11-26)34(21-30(29)36(39)41)44-24-27-12-6-3-7-13-27/h2-21,35H,22-24H2,1H3. The second-order valence-electron chi connectivity index (χ2n) is 10.6. The lowest BCUT2D eigenvalue weighted by atomic mass is 10.1. The fourth-order valence-corrected chi connectivity index (χ4v) is 5.52. The SMILES string of the molecule is COc1ccc(CN2C(=O)c3cc(OCc4ccccc4)c(OCc4ccccc4)cc3C2n2nnc3ccccc32)cc1. The second kappa shape index (κ2) is 11.9. The minimum atomic E-state index is -0.547. The number of hydrogen-bond donors (Lipinski definition) is 0. The summed E-state index contributed by atoms with van der Waals surface area (Å²) >= 11 is 0. The van der Waals surface area contributed by atoms with Gasteiger partial charge in [0, 0.05) is 12.1 Å². The van der Waals surface area contributed by atoms with Gasteiger partial charge in [0.25, 0.3) is 5.91 Å². The monoisotopic (exact) mass is 582 g/mol. The van der Waals surface area contributed by atoms with E-state index in [9.17, 15) is 4.79 Å². The normalized spacial score (nSPS) is 14.1. The Hall–Kier alpha value is -5.63. The molecule has 1 aliphatic heterocycles. The highest BCUT2D eigenvalue weighted by atomic mass is 16.5. The Morgan fingerprint density at radius 1 is 0.705 bits per heavy atom. The van der Waals surface area contributed by atoms with Gasteiger partial charge in [-0.25, -0.2) is 4.68 Å². The van der Waals surface area contributed by atoms with Crippen molar-refractivity contribution >= 4 is 16.9 Å². The molecule has 0 saturated heterocycles. The number of hydrogen-bond acceptors (Lipinski definition) is 6. The van der Waals surface area contributed by atoms with Crippen LogP contribution in [0.4, 0.5) is 0 Å². The summed E-state index contributed by atoms with van der Waals surface area (Å²) in [4.78, 5) is 16.0. The quantitative estimate of drug-likeness (QED) is 0.177. The number of fused-ring (bicyclic) bond motifs is 2. The second-order valence-corrected chi connectivity index (χ2v) is 10.6. The molecule has 0 aliphatic carbocycles. The first-order chi connectivity index (χ1) is 21.7. The maximum absolute atomic E-state index is 14.2. The molecule has 218 valence electrons. The maximum Gasteiger partial charge on any atom is 0.256 e. The Bertz CT molecular complexity index is 1910. The fourth-order valence-electron chi connectivity index (χ4n) is 5.52. The Morgan fingerprint density at radius 2 is 1.32 bits per heavy atom. The van der Waals surface area contributed by atoms with Crippen molar-refractivity contribution in [2.75, 3.05) is 7.11 Å². The zero-order chi connectivity index (χ0) is 29.9. The fraction of sp³-hybridized carbons (Fsp3) is 0.139. The molecule has 0 N–H and O–H groups in total. The molecule has 44 heavy (non-hydrogen) atoms. The van der Waals surface area contributed by atoms with E-state index in [1.807, 2.05) is 125 Å². The minimum absolute atomic E-state index is 0.125. The van der Waals surface area contributed by atoms with Gasteiger partial charge in [-0.3, -0.25) is 4.79 Å². The molecule has 1 atom stereocenters. The third-order valence-corrected chi connectivity index (χ3v) is 7.78. The van der Waals surface area contributed by atoms with Crippen LogP contribution in [0.25, 0.3) is 11.0 Å². The van der Waals surface area contributed by atoms with Gasteiger partial charge in [-0.15, -0.1) is 5.10 Å². The highest BCUT2D eigenvalue weighted by Crippen LogP contribution is 2.43. The zero-order valence-electron chi connectivity index (χ0n) is 24.2. The number of carbonyl (C=O) groups excluding carboxylic acids is 1. The largest absolute Gasteiger partial charge is 0.497 e. The van der Waals surface area contributed by atoms with Gasteiger partial charge in [-0.2, -0.15) is 0 Å². The highest BCUT2D eigenvalue weighted by Gasteiger charge is 2.40. The van der Waals surface area contributed by atoms with Crippen molar-refractivity contribution in [1.82, 2.24) is 19.9 Å². The van der Waals surface area contributed by atoms with E-state index in [1.54, 1.807) is 13.2 Å². The molecule has 1 aliphatic rings. The molecule has 8 heteroatoms. The van der Waals surface area contributed by atoms with Crippen molar-refractivity contribution < 1.29 is 19.0 Å². The molecule has 0 fully saturated rings. The van der Waals surface area contributed by atoms with Crippen LogP contribution in [0, 0.1) is 0 Å². The number of rotatable bonds is 10. The zero-order valence-corrected chi connectivity index (χ0v) is 24.2. The lowest BCUT2D eigenvalue weighted by Gasteiger charge is -2.26.